The van der Waals surface area contributed by atoms with Crippen LogP contribution in [0, 0.1) is 5.82 Å². The van der Waals surface area contributed by atoms with E-state index in [1.807, 2.05) is 4.90 Å². The molecule has 0 saturated carbocycles. The van der Waals surface area contributed by atoms with Gasteiger partial charge in [0.1, 0.15) is 11.5 Å². The Morgan fingerprint density at radius 1 is 1.19 bits per heavy atom. The Labute approximate surface area is 161 Å². The summed E-state index contributed by atoms with van der Waals surface area (Å²) in [6.07, 6.45) is 7.05. The molecule has 1 fully saturated rings. The third kappa shape index (κ3) is 3.80. The van der Waals surface area contributed by atoms with Gasteiger partial charge in [-0.2, -0.15) is 5.10 Å². The molecule has 0 spiro atoms. The molecule has 27 heavy (non-hydrogen) atoms. The van der Waals surface area contributed by atoms with Crippen molar-refractivity contribution < 1.29 is 9.13 Å². The van der Waals surface area contributed by atoms with Crippen molar-refractivity contribution in [2.45, 2.75) is 6.42 Å². The molecule has 2 aliphatic rings. The number of thiocarbonyl (C=S) groups is 1. The van der Waals surface area contributed by atoms with Crippen LogP contribution in [-0.4, -0.2) is 63.5 Å². The Kier molecular flexibility index (Phi) is 5.05. The predicted molar refractivity (Wildman–Crippen MR) is 102 cm³/mol. The summed E-state index contributed by atoms with van der Waals surface area (Å²) in [7, 11) is 0. The van der Waals surface area contributed by atoms with Crippen LogP contribution in [-0.2, 0) is 0 Å². The van der Waals surface area contributed by atoms with Crippen LogP contribution in [0.1, 0.15) is 12.1 Å². The van der Waals surface area contributed by atoms with E-state index in [0.717, 1.165) is 32.0 Å². The van der Waals surface area contributed by atoms with Gasteiger partial charge in [-0.15, -0.1) is 0 Å². The highest BCUT2D eigenvalue weighted by molar-refractivity contribution is 7.80. The maximum Gasteiger partial charge on any atom is 0.189 e. The van der Waals surface area contributed by atoms with Crippen molar-refractivity contribution in [3.05, 3.63) is 42.4 Å². The van der Waals surface area contributed by atoms with Crippen molar-refractivity contribution in [3.63, 3.8) is 0 Å². The van der Waals surface area contributed by atoms with Crippen LogP contribution >= 0.6 is 12.2 Å². The molecule has 0 aromatic carbocycles. The highest BCUT2D eigenvalue weighted by atomic mass is 32.1. The van der Waals surface area contributed by atoms with E-state index in [0.29, 0.717) is 29.5 Å². The smallest absolute Gasteiger partial charge is 0.189 e. The Bertz CT molecular complexity index is 856. The van der Waals surface area contributed by atoms with Gasteiger partial charge in [-0.05, 0) is 18.3 Å². The standard InChI is InChI=1S/C17H18FN7OS/c18-12-1-3-21-15-13(2-10-26-16(12)15)22-23-17(27)25-8-6-24(7-9-25)14-11-19-4-5-20-14/h1,3-5,11H,2,6-10H2,(H,23,27)/b22-13-. The molecule has 4 rings (SSSR count). The Balaban J connectivity index is 1.37. The molecular formula is C17H18FN7OS. The van der Waals surface area contributed by atoms with Crippen LogP contribution in [0.3, 0.4) is 0 Å². The number of fused-ring (bicyclic) bond motifs is 1. The van der Waals surface area contributed by atoms with Gasteiger partial charge in [-0.1, -0.05) is 0 Å². The van der Waals surface area contributed by atoms with Gasteiger partial charge in [0, 0.05) is 51.2 Å². The van der Waals surface area contributed by atoms with Gasteiger partial charge in [0.05, 0.1) is 18.5 Å². The summed E-state index contributed by atoms with van der Waals surface area (Å²) < 4.78 is 19.2. The summed E-state index contributed by atoms with van der Waals surface area (Å²) >= 11 is 5.46. The van der Waals surface area contributed by atoms with Gasteiger partial charge in [-0.3, -0.25) is 15.4 Å². The van der Waals surface area contributed by atoms with Gasteiger partial charge < -0.3 is 14.5 Å². The third-order valence-corrected chi connectivity index (χ3v) is 4.79. The van der Waals surface area contributed by atoms with E-state index in [1.54, 1.807) is 18.6 Å². The number of nitrogens with zero attached hydrogens (tertiary/aromatic N) is 6. The lowest BCUT2D eigenvalue weighted by Gasteiger charge is -2.36. The summed E-state index contributed by atoms with van der Waals surface area (Å²) in [4.78, 5) is 16.8. The number of hydrogen-bond acceptors (Lipinski definition) is 7. The molecule has 1 N–H and O–H groups in total. The van der Waals surface area contributed by atoms with Crippen molar-refractivity contribution >= 4 is 28.9 Å². The zero-order valence-corrected chi connectivity index (χ0v) is 15.3. The second-order valence-corrected chi connectivity index (χ2v) is 6.47. The van der Waals surface area contributed by atoms with Crippen LogP contribution in [0.5, 0.6) is 5.75 Å². The van der Waals surface area contributed by atoms with Crippen LogP contribution < -0.4 is 15.1 Å². The quantitative estimate of drug-likeness (QED) is 0.608. The largest absolute Gasteiger partial charge is 0.488 e. The van der Waals surface area contributed by atoms with Crippen molar-refractivity contribution in [2.75, 3.05) is 37.7 Å². The lowest BCUT2D eigenvalue weighted by Crippen LogP contribution is -2.51. The van der Waals surface area contributed by atoms with E-state index in [9.17, 15) is 4.39 Å². The van der Waals surface area contributed by atoms with E-state index < -0.39 is 5.82 Å². The minimum absolute atomic E-state index is 0.146. The average molecular weight is 387 g/mol. The van der Waals surface area contributed by atoms with Gasteiger partial charge in [0.25, 0.3) is 0 Å². The molecule has 10 heteroatoms. The van der Waals surface area contributed by atoms with E-state index >= 15 is 0 Å². The van der Waals surface area contributed by atoms with Gasteiger partial charge in [0.15, 0.2) is 16.7 Å². The molecule has 2 aliphatic heterocycles. The third-order valence-electron chi connectivity index (χ3n) is 4.44. The van der Waals surface area contributed by atoms with E-state index in [2.05, 4.69) is 30.4 Å². The molecule has 4 heterocycles. The normalized spacial score (nSPS) is 18.0. The average Bonchev–Trinajstić information content (AvgIpc) is 2.73. The molecule has 0 amide bonds. The molecule has 2 aromatic heterocycles. The maximum absolute atomic E-state index is 13.8. The van der Waals surface area contributed by atoms with Gasteiger partial charge in [0.2, 0.25) is 0 Å². The zero-order chi connectivity index (χ0) is 18.6. The van der Waals surface area contributed by atoms with E-state index in [-0.39, 0.29) is 5.75 Å². The van der Waals surface area contributed by atoms with Gasteiger partial charge >= 0.3 is 0 Å². The topological polar surface area (TPSA) is 78.8 Å². The number of pyridine rings is 1. The Morgan fingerprint density at radius 3 is 2.81 bits per heavy atom. The highest BCUT2D eigenvalue weighted by Gasteiger charge is 2.23. The number of anilines is 1. The summed E-state index contributed by atoms with van der Waals surface area (Å²) in [5.41, 5.74) is 3.97. The summed E-state index contributed by atoms with van der Waals surface area (Å²) in [6, 6.07) is 1.27. The SMILES string of the molecule is Fc1ccnc2c1OCC/C2=N/NC(=S)N1CCN(c2cnccn2)CC1. The number of piperazine rings is 1. The van der Waals surface area contributed by atoms with Crippen LogP contribution in [0.2, 0.25) is 0 Å². The lowest BCUT2D eigenvalue weighted by atomic mass is 10.1. The molecule has 8 nitrogen and oxygen atoms in total. The molecule has 0 aliphatic carbocycles. The second kappa shape index (κ2) is 7.78. The number of hydrogen-bond donors (Lipinski definition) is 1. The minimum Gasteiger partial charge on any atom is -0.488 e. The van der Waals surface area contributed by atoms with E-state index in [1.165, 1.54) is 12.3 Å². The summed E-state index contributed by atoms with van der Waals surface area (Å²) in [5.74, 6) is 0.575. The first-order chi connectivity index (χ1) is 13.2. The molecule has 2 aromatic rings. The molecule has 0 bridgehead atoms. The maximum atomic E-state index is 13.8. The monoisotopic (exact) mass is 387 g/mol. The van der Waals surface area contributed by atoms with Crippen LogP contribution in [0.15, 0.2) is 36.0 Å². The molecule has 0 radical (unpaired) electrons. The number of rotatable bonds is 2. The first-order valence-corrected chi connectivity index (χ1v) is 9.03. The van der Waals surface area contributed by atoms with Crippen molar-refractivity contribution in [1.82, 2.24) is 25.3 Å². The van der Waals surface area contributed by atoms with E-state index in [4.69, 9.17) is 17.0 Å². The number of ether oxygens (including phenoxy) is 1. The molecule has 140 valence electrons. The fourth-order valence-electron chi connectivity index (χ4n) is 3.02. The number of hydrazone groups is 1. The first kappa shape index (κ1) is 17.5. The van der Waals surface area contributed by atoms with Gasteiger partial charge in [-0.25, -0.2) is 9.37 Å². The first-order valence-electron chi connectivity index (χ1n) is 8.62. The number of aromatic nitrogens is 3. The Hall–Kier alpha value is -2.88. The minimum atomic E-state index is -0.435. The van der Waals surface area contributed by atoms with Crippen LogP contribution in [0.25, 0.3) is 0 Å². The van der Waals surface area contributed by atoms with Crippen molar-refractivity contribution in [3.8, 4) is 5.75 Å². The fraction of sp³-hybridized carbons (Fsp3) is 0.353. The second-order valence-electron chi connectivity index (χ2n) is 6.08. The molecule has 0 unspecified atom stereocenters. The summed E-state index contributed by atoms with van der Waals surface area (Å²) in [6.45, 7) is 3.44. The molecule has 1 saturated heterocycles. The Morgan fingerprint density at radius 2 is 2.04 bits per heavy atom. The summed E-state index contributed by atoms with van der Waals surface area (Å²) in [5, 5.41) is 4.89. The van der Waals surface area contributed by atoms with Crippen LogP contribution in [0.4, 0.5) is 10.2 Å². The lowest BCUT2D eigenvalue weighted by molar-refractivity contribution is 0.300. The fourth-order valence-corrected chi connectivity index (χ4v) is 3.25. The highest BCUT2D eigenvalue weighted by Crippen LogP contribution is 2.25. The molecular weight excluding hydrogens is 369 g/mol. The number of nitrogens with one attached hydrogen (secondary N) is 1. The predicted octanol–water partition coefficient (Wildman–Crippen LogP) is 1.19. The van der Waals surface area contributed by atoms with Crippen molar-refractivity contribution in [1.29, 1.82) is 0 Å². The number of halogens is 1. The zero-order valence-electron chi connectivity index (χ0n) is 14.5. The van der Waals surface area contributed by atoms with Crippen molar-refractivity contribution in [2.24, 2.45) is 5.10 Å². The molecule has 0 atom stereocenters.